The largest absolute Gasteiger partial charge is 0.490 e. The summed E-state index contributed by atoms with van der Waals surface area (Å²) < 4.78 is 35.0. The average molecular weight is 616 g/mol. The molecule has 0 bridgehead atoms. The van der Waals surface area contributed by atoms with Crippen molar-refractivity contribution in [1.29, 1.82) is 0 Å². The number of nitrogens with one attached hydrogen (secondary N) is 2. The number of carboxylic acids is 1. The summed E-state index contributed by atoms with van der Waals surface area (Å²) in [7, 11) is 0. The highest BCUT2D eigenvalue weighted by Crippen LogP contribution is 2.36. The maximum absolute atomic E-state index is 13.2. The van der Waals surface area contributed by atoms with Crippen molar-refractivity contribution >= 4 is 63.8 Å². The van der Waals surface area contributed by atoms with E-state index in [2.05, 4.69) is 30.6 Å². The highest BCUT2D eigenvalue weighted by Gasteiger charge is 2.38. The van der Waals surface area contributed by atoms with E-state index in [0.29, 0.717) is 42.2 Å². The predicted molar refractivity (Wildman–Crippen MR) is 142 cm³/mol. The summed E-state index contributed by atoms with van der Waals surface area (Å²) in [6, 6.07) is 2.97. The topological polar surface area (TPSA) is 172 Å². The molecule has 0 aromatic carbocycles. The van der Waals surface area contributed by atoms with Crippen molar-refractivity contribution in [3.8, 4) is 0 Å². The number of imidazole rings is 1. The van der Waals surface area contributed by atoms with Crippen LogP contribution < -0.4 is 21.3 Å². The van der Waals surface area contributed by atoms with Gasteiger partial charge in [0.15, 0.2) is 16.6 Å². The number of nitrogens with two attached hydrogens (primary N) is 1. The number of nitrogens with zero attached hydrogens (tertiary/aromatic N) is 6. The van der Waals surface area contributed by atoms with Gasteiger partial charge in [0.2, 0.25) is 5.91 Å². The Balaban J connectivity index is 0.000000493. The van der Waals surface area contributed by atoms with Gasteiger partial charge in [0.25, 0.3) is 5.91 Å². The van der Waals surface area contributed by atoms with Gasteiger partial charge in [0, 0.05) is 44.0 Å². The number of halogens is 5. The number of fused-ring (bicyclic) bond motifs is 2. The van der Waals surface area contributed by atoms with Crippen LogP contribution in [0.1, 0.15) is 35.3 Å². The molecule has 0 radical (unpaired) electrons. The lowest BCUT2D eigenvalue weighted by molar-refractivity contribution is -0.192. The Bertz CT molecular complexity index is 1640. The van der Waals surface area contributed by atoms with Crippen LogP contribution in [0, 0.1) is 0 Å². The number of rotatable bonds is 4. The molecule has 1 atom stereocenters. The number of anilines is 2. The Morgan fingerprint density at radius 3 is 2.63 bits per heavy atom. The summed E-state index contributed by atoms with van der Waals surface area (Å²) in [6.07, 6.45) is 0.0731. The number of carbonyl (C=O) groups excluding carboxylic acids is 2. The third-order valence-corrected chi connectivity index (χ3v) is 6.60. The highest BCUT2D eigenvalue weighted by molar-refractivity contribution is 6.39. The molecular weight excluding hydrogens is 594 g/mol. The van der Waals surface area contributed by atoms with Crippen LogP contribution >= 0.6 is 23.2 Å². The van der Waals surface area contributed by atoms with Gasteiger partial charge < -0.3 is 26.4 Å². The second-order valence-electron chi connectivity index (χ2n) is 8.76. The molecule has 1 aliphatic rings. The minimum atomic E-state index is -5.08. The molecule has 0 aliphatic carbocycles. The van der Waals surface area contributed by atoms with Crippen molar-refractivity contribution in [2.45, 2.75) is 25.6 Å². The Kier molecular flexibility index (Phi) is 8.44. The van der Waals surface area contributed by atoms with Gasteiger partial charge in [-0.25, -0.2) is 19.3 Å². The molecule has 5 N–H and O–H groups in total. The molecule has 218 valence electrons. The molecule has 41 heavy (non-hydrogen) atoms. The Labute approximate surface area is 239 Å². The fourth-order valence-corrected chi connectivity index (χ4v) is 4.79. The Morgan fingerprint density at radius 2 is 1.95 bits per heavy atom. The number of amides is 2. The third kappa shape index (κ3) is 6.22. The number of nitrogen functional groups attached to an aromatic ring is 1. The number of carbonyl (C=O) groups is 3. The van der Waals surface area contributed by atoms with Gasteiger partial charge in [-0.05, 0) is 19.1 Å². The lowest BCUT2D eigenvalue weighted by Crippen LogP contribution is -2.33. The minimum absolute atomic E-state index is 0.0182. The highest BCUT2D eigenvalue weighted by atomic mass is 35.5. The second kappa shape index (κ2) is 11.7. The van der Waals surface area contributed by atoms with E-state index in [9.17, 15) is 22.8 Å². The lowest BCUT2D eigenvalue weighted by Gasteiger charge is -2.29. The molecule has 1 aliphatic heterocycles. The van der Waals surface area contributed by atoms with E-state index in [1.807, 2.05) is 6.92 Å². The first-order chi connectivity index (χ1) is 19.3. The maximum Gasteiger partial charge on any atom is 0.490 e. The van der Waals surface area contributed by atoms with Crippen LogP contribution in [0.25, 0.3) is 11.2 Å². The number of aromatic nitrogens is 5. The molecule has 4 aromatic rings. The average Bonchev–Trinajstić information content (AvgIpc) is 3.37. The standard InChI is InChI=1S/C21H21Cl2N9O2.C2HF3O2/c1-11(28-20(34)15-18(24)29-32-6-2-4-26-19(15)32)12-9-13(22)16-17(23)27-10-31(16)21(12)30-7-3-14(33)25-5-8-30;3-2(4,5)1(6)7/h2,4,6,9-11H,3,5,7-8H2,1H3,(H2,24,29)(H,25,33)(H,28,34);(H,6,7). The normalized spacial score (nSPS) is 14.7. The van der Waals surface area contributed by atoms with E-state index in [1.54, 1.807) is 35.3 Å². The van der Waals surface area contributed by atoms with Gasteiger partial charge >= 0.3 is 12.1 Å². The van der Waals surface area contributed by atoms with Crippen LogP contribution in [0.4, 0.5) is 24.8 Å². The van der Waals surface area contributed by atoms with Crippen molar-refractivity contribution in [2.75, 3.05) is 30.3 Å². The summed E-state index contributed by atoms with van der Waals surface area (Å²) >= 11 is 12.9. The molecule has 1 saturated heterocycles. The number of hydrogen-bond donors (Lipinski definition) is 4. The Hall–Kier alpha value is -4.31. The second-order valence-corrected chi connectivity index (χ2v) is 9.52. The van der Waals surface area contributed by atoms with Crippen LogP contribution in [0.3, 0.4) is 0 Å². The molecule has 0 spiro atoms. The monoisotopic (exact) mass is 615 g/mol. The zero-order valence-corrected chi connectivity index (χ0v) is 22.6. The molecular formula is C23H22Cl2F3N9O4. The van der Waals surface area contributed by atoms with E-state index < -0.39 is 24.1 Å². The zero-order valence-electron chi connectivity index (χ0n) is 21.1. The van der Waals surface area contributed by atoms with E-state index in [0.717, 1.165) is 11.4 Å². The van der Waals surface area contributed by atoms with Crippen LogP contribution in [0.2, 0.25) is 10.2 Å². The predicted octanol–water partition coefficient (Wildman–Crippen LogP) is 2.72. The smallest absolute Gasteiger partial charge is 0.475 e. The maximum atomic E-state index is 13.2. The van der Waals surface area contributed by atoms with Gasteiger partial charge in [-0.2, -0.15) is 13.2 Å². The zero-order chi connectivity index (χ0) is 30.1. The summed E-state index contributed by atoms with van der Waals surface area (Å²) in [5.74, 6) is -2.37. The van der Waals surface area contributed by atoms with Crippen molar-refractivity contribution in [3.05, 3.63) is 52.2 Å². The minimum Gasteiger partial charge on any atom is -0.475 e. The first kappa shape index (κ1) is 29.7. The number of hydrogen-bond acceptors (Lipinski definition) is 8. The van der Waals surface area contributed by atoms with E-state index >= 15 is 0 Å². The number of carboxylic acid groups (broad SMARTS) is 1. The molecule has 4 aromatic heterocycles. The van der Waals surface area contributed by atoms with E-state index in [-0.39, 0.29) is 22.4 Å². The van der Waals surface area contributed by atoms with Gasteiger partial charge in [-0.1, -0.05) is 23.2 Å². The number of pyridine rings is 1. The SMILES string of the molecule is CC(NC(=O)c1c(N)nn2cccnc12)c1cc(Cl)c2c(Cl)ncn2c1N1CCNC(=O)CC1.O=C(O)C(F)(F)F. The third-order valence-electron chi connectivity index (χ3n) is 6.04. The van der Waals surface area contributed by atoms with Crippen molar-refractivity contribution in [3.63, 3.8) is 0 Å². The van der Waals surface area contributed by atoms with Crippen molar-refractivity contribution in [2.24, 2.45) is 0 Å². The number of aliphatic carboxylic acids is 1. The summed E-state index contributed by atoms with van der Waals surface area (Å²) in [5, 5.41) is 17.8. The van der Waals surface area contributed by atoms with Gasteiger partial charge in [0.1, 0.15) is 23.2 Å². The molecule has 18 heteroatoms. The van der Waals surface area contributed by atoms with Crippen molar-refractivity contribution < 1.29 is 32.7 Å². The molecule has 13 nitrogen and oxygen atoms in total. The summed E-state index contributed by atoms with van der Waals surface area (Å²) in [5.41, 5.74) is 7.86. The lowest BCUT2D eigenvalue weighted by atomic mass is 10.1. The Morgan fingerprint density at radius 1 is 1.24 bits per heavy atom. The quantitative estimate of drug-likeness (QED) is 0.269. The van der Waals surface area contributed by atoms with Gasteiger partial charge in [-0.15, -0.1) is 5.10 Å². The molecule has 2 amide bonds. The molecule has 0 saturated carbocycles. The van der Waals surface area contributed by atoms with Crippen molar-refractivity contribution in [1.82, 2.24) is 34.6 Å². The molecule has 1 unspecified atom stereocenters. The molecule has 1 fully saturated rings. The van der Waals surface area contributed by atoms with E-state index in [4.69, 9.17) is 38.8 Å². The van der Waals surface area contributed by atoms with Crippen LogP contribution in [-0.4, -0.2) is 72.7 Å². The van der Waals surface area contributed by atoms with Crippen LogP contribution in [0.5, 0.6) is 0 Å². The fraction of sp³-hybridized carbons (Fsp3) is 0.304. The van der Waals surface area contributed by atoms with Gasteiger partial charge in [-0.3, -0.25) is 14.0 Å². The molecule has 5 rings (SSSR count). The first-order valence-electron chi connectivity index (χ1n) is 11.9. The first-order valence-corrected chi connectivity index (χ1v) is 12.6. The van der Waals surface area contributed by atoms with E-state index in [1.165, 1.54) is 4.52 Å². The van der Waals surface area contributed by atoms with Gasteiger partial charge in [0.05, 0.1) is 11.1 Å². The summed E-state index contributed by atoms with van der Waals surface area (Å²) in [4.78, 5) is 44.6. The van der Waals surface area contributed by atoms with Crippen LogP contribution in [-0.2, 0) is 9.59 Å². The molecule has 5 heterocycles. The number of alkyl halides is 3. The fourth-order valence-electron chi connectivity index (χ4n) is 4.21. The van der Waals surface area contributed by atoms with Crippen LogP contribution in [0.15, 0.2) is 30.9 Å². The summed E-state index contributed by atoms with van der Waals surface area (Å²) in [6.45, 7) is 3.37.